The van der Waals surface area contributed by atoms with Gasteiger partial charge in [-0.2, -0.15) is 0 Å². The summed E-state index contributed by atoms with van der Waals surface area (Å²) in [6, 6.07) is 21.2. The number of hydrogen-bond acceptors (Lipinski definition) is 4. The van der Waals surface area contributed by atoms with Gasteiger partial charge in [-0.25, -0.2) is 0 Å². The topological polar surface area (TPSA) is 72.8 Å². The van der Waals surface area contributed by atoms with Crippen LogP contribution in [0.5, 0.6) is 0 Å². The van der Waals surface area contributed by atoms with Gasteiger partial charge in [0.2, 0.25) is 0 Å². The molecule has 0 aliphatic rings. The highest BCUT2D eigenvalue weighted by Crippen LogP contribution is 2.36. The molecule has 0 bridgehead atoms. The molecule has 0 heterocycles. The van der Waals surface area contributed by atoms with E-state index in [2.05, 4.69) is 69.3 Å². The molecule has 1 unspecified atom stereocenters. The summed E-state index contributed by atoms with van der Waals surface area (Å²) < 4.78 is 12.4. The van der Waals surface area contributed by atoms with Crippen molar-refractivity contribution < 1.29 is 23.9 Å². The first-order chi connectivity index (χ1) is 16.9. The lowest BCUT2D eigenvalue weighted by molar-refractivity contribution is -0.163. The SMILES string of the molecule is CC(C)(C)OC(=O)C(CCCCCCO[Si](c1ccccc1)(c1ccccc1)C(C)(C)C)CC(=O)O. The number of aliphatic carboxylic acids is 1. The first kappa shape index (κ1) is 29.8. The summed E-state index contributed by atoms with van der Waals surface area (Å²) in [5, 5.41) is 11.7. The van der Waals surface area contributed by atoms with E-state index in [1.807, 2.05) is 12.1 Å². The molecule has 2 rings (SSSR count). The number of esters is 1. The number of ether oxygens (including phenoxy) is 1. The van der Waals surface area contributed by atoms with E-state index in [4.69, 9.17) is 9.16 Å². The monoisotopic (exact) mass is 512 g/mol. The number of carbonyl (C=O) groups is 2. The van der Waals surface area contributed by atoms with Crippen molar-refractivity contribution in [3.8, 4) is 0 Å². The Morgan fingerprint density at radius 2 is 1.31 bits per heavy atom. The lowest BCUT2D eigenvalue weighted by Gasteiger charge is -2.43. The van der Waals surface area contributed by atoms with Crippen LogP contribution in [0.2, 0.25) is 5.04 Å². The van der Waals surface area contributed by atoms with E-state index in [-0.39, 0.29) is 11.5 Å². The second-order valence-corrected chi connectivity index (χ2v) is 15.8. The summed E-state index contributed by atoms with van der Waals surface area (Å²) in [6.45, 7) is 12.9. The molecule has 5 nitrogen and oxygen atoms in total. The molecule has 0 aromatic heterocycles. The number of rotatable bonds is 13. The summed E-state index contributed by atoms with van der Waals surface area (Å²) in [7, 11) is -2.52. The van der Waals surface area contributed by atoms with Gasteiger partial charge in [0.05, 0.1) is 12.3 Å². The first-order valence-electron chi connectivity index (χ1n) is 13.1. The Morgan fingerprint density at radius 3 is 1.75 bits per heavy atom. The predicted octanol–water partition coefficient (Wildman–Crippen LogP) is 5.95. The normalized spacial score (nSPS) is 13.3. The zero-order valence-corrected chi connectivity index (χ0v) is 23.9. The third-order valence-electron chi connectivity index (χ3n) is 6.34. The largest absolute Gasteiger partial charge is 0.481 e. The maximum Gasteiger partial charge on any atom is 0.310 e. The molecule has 1 N–H and O–H groups in total. The van der Waals surface area contributed by atoms with Crippen LogP contribution in [-0.2, 0) is 18.8 Å². The van der Waals surface area contributed by atoms with Crippen molar-refractivity contribution in [3.63, 3.8) is 0 Å². The second-order valence-electron chi connectivity index (χ2n) is 11.5. The van der Waals surface area contributed by atoms with Gasteiger partial charge >= 0.3 is 11.9 Å². The Morgan fingerprint density at radius 1 is 0.806 bits per heavy atom. The highest BCUT2D eigenvalue weighted by molar-refractivity contribution is 6.99. The number of unbranched alkanes of at least 4 members (excludes halogenated alkanes) is 3. The molecule has 2 aromatic carbocycles. The molecule has 198 valence electrons. The van der Waals surface area contributed by atoms with Crippen molar-refractivity contribution in [1.29, 1.82) is 0 Å². The Labute approximate surface area is 218 Å². The van der Waals surface area contributed by atoms with Crippen molar-refractivity contribution >= 4 is 30.6 Å². The highest BCUT2D eigenvalue weighted by Gasteiger charge is 2.49. The van der Waals surface area contributed by atoms with Crippen molar-refractivity contribution in [2.75, 3.05) is 6.61 Å². The maximum absolute atomic E-state index is 12.4. The van der Waals surface area contributed by atoms with Crippen LogP contribution < -0.4 is 10.4 Å². The van der Waals surface area contributed by atoms with Crippen LogP contribution in [0.1, 0.15) is 80.1 Å². The molecular formula is C30H44O5Si. The average Bonchev–Trinajstić information content (AvgIpc) is 2.79. The van der Waals surface area contributed by atoms with E-state index in [0.29, 0.717) is 13.0 Å². The Balaban J connectivity index is 1.99. The van der Waals surface area contributed by atoms with Crippen LogP contribution in [0.15, 0.2) is 60.7 Å². The van der Waals surface area contributed by atoms with Crippen molar-refractivity contribution in [2.24, 2.45) is 5.92 Å². The number of carboxylic acid groups (broad SMARTS) is 1. The standard InChI is InChI=1S/C30H44O5Si/c1-29(2,3)35-28(33)24(23-27(31)32)17-11-7-8-16-22-34-36(30(4,5)6,25-18-12-9-13-19-25)26-20-14-10-15-21-26/h9-10,12-15,18-21,24H,7-8,11,16-17,22-23H2,1-6H3,(H,31,32). The van der Waals surface area contributed by atoms with Crippen LogP contribution in [0, 0.1) is 5.92 Å². The third-order valence-corrected chi connectivity index (χ3v) is 11.4. The molecule has 0 saturated carbocycles. The fourth-order valence-corrected chi connectivity index (χ4v) is 9.34. The summed E-state index contributed by atoms with van der Waals surface area (Å²) in [5.41, 5.74) is -0.619. The first-order valence-corrected chi connectivity index (χ1v) is 15.0. The van der Waals surface area contributed by atoms with Crippen LogP contribution in [0.25, 0.3) is 0 Å². The van der Waals surface area contributed by atoms with Gasteiger partial charge in [-0.3, -0.25) is 9.59 Å². The van der Waals surface area contributed by atoms with Gasteiger partial charge in [0.15, 0.2) is 0 Å². The number of carboxylic acids is 1. The number of benzene rings is 2. The minimum Gasteiger partial charge on any atom is -0.481 e. The molecule has 6 heteroatoms. The summed E-state index contributed by atoms with van der Waals surface area (Å²) in [6.07, 6.45) is 3.93. The van der Waals surface area contributed by atoms with E-state index in [1.54, 1.807) is 20.8 Å². The number of carbonyl (C=O) groups excluding carboxylic acids is 1. The molecule has 0 aliphatic carbocycles. The molecule has 1 atom stereocenters. The van der Waals surface area contributed by atoms with Crippen LogP contribution in [0.3, 0.4) is 0 Å². The van der Waals surface area contributed by atoms with E-state index in [0.717, 1.165) is 25.7 Å². The quantitative estimate of drug-likeness (QED) is 0.204. The smallest absolute Gasteiger partial charge is 0.310 e. The van der Waals surface area contributed by atoms with E-state index in [1.165, 1.54) is 10.4 Å². The molecule has 0 amide bonds. The Hall–Kier alpha value is -2.44. The molecule has 0 radical (unpaired) electrons. The molecule has 0 fully saturated rings. The minimum absolute atomic E-state index is 0.0484. The van der Waals surface area contributed by atoms with Gasteiger partial charge in [-0.05, 0) is 49.0 Å². The van der Waals surface area contributed by atoms with Crippen molar-refractivity contribution in [3.05, 3.63) is 60.7 Å². The lowest BCUT2D eigenvalue weighted by atomic mass is 9.97. The molecular weight excluding hydrogens is 468 g/mol. The van der Waals surface area contributed by atoms with Crippen LogP contribution >= 0.6 is 0 Å². The van der Waals surface area contributed by atoms with Gasteiger partial charge in [0.25, 0.3) is 8.32 Å². The second kappa shape index (κ2) is 13.2. The zero-order chi connectivity index (χ0) is 26.8. The van der Waals surface area contributed by atoms with E-state index >= 15 is 0 Å². The van der Waals surface area contributed by atoms with Crippen LogP contribution in [0.4, 0.5) is 0 Å². The summed E-state index contributed by atoms with van der Waals surface area (Å²) >= 11 is 0. The summed E-state index contributed by atoms with van der Waals surface area (Å²) in [4.78, 5) is 23.7. The molecule has 0 spiro atoms. The Kier molecular flexibility index (Phi) is 10.9. The maximum atomic E-state index is 12.4. The van der Waals surface area contributed by atoms with Gasteiger partial charge in [-0.1, -0.05) is 101 Å². The van der Waals surface area contributed by atoms with Gasteiger partial charge in [0, 0.05) is 6.61 Å². The predicted molar refractivity (Wildman–Crippen MR) is 148 cm³/mol. The molecule has 2 aromatic rings. The van der Waals surface area contributed by atoms with Gasteiger partial charge in [-0.15, -0.1) is 0 Å². The van der Waals surface area contributed by atoms with Gasteiger partial charge in [0.1, 0.15) is 5.60 Å². The Bertz CT molecular complexity index is 905. The van der Waals surface area contributed by atoms with E-state index < -0.39 is 31.8 Å². The molecule has 0 saturated heterocycles. The number of hydrogen-bond donors (Lipinski definition) is 1. The molecule has 36 heavy (non-hydrogen) atoms. The third kappa shape index (κ3) is 8.59. The van der Waals surface area contributed by atoms with E-state index in [9.17, 15) is 14.7 Å². The zero-order valence-electron chi connectivity index (χ0n) is 22.9. The van der Waals surface area contributed by atoms with Crippen molar-refractivity contribution in [2.45, 2.75) is 90.7 Å². The lowest BCUT2D eigenvalue weighted by Crippen LogP contribution is -2.66. The van der Waals surface area contributed by atoms with Gasteiger partial charge < -0.3 is 14.3 Å². The highest BCUT2D eigenvalue weighted by atomic mass is 28.4. The molecule has 0 aliphatic heterocycles. The van der Waals surface area contributed by atoms with Crippen molar-refractivity contribution in [1.82, 2.24) is 0 Å². The van der Waals surface area contributed by atoms with Crippen LogP contribution in [-0.4, -0.2) is 37.6 Å². The average molecular weight is 513 g/mol. The minimum atomic E-state index is -2.52. The summed E-state index contributed by atoms with van der Waals surface area (Å²) in [5.74, 6) is -1.99. The fraction of sp³-hybridized carbons (Fsp3) is 0.533. The fourth-order valence-electron chi connectivity index (χ4n) is 4.73.